The number of fused-ring (bicyclic) bond motifs is 1. The summed E-state index contributed by atoms with van der Waals surface area (Å²) in [5.74, 6) is 0.391. The predicted octanol–water partition coefficient (Wildman–Crippen LogP) is 4.06. The molecular formula is C14H17ClN2. The first-order valence-electron chi connectivity index (χ1n) is 5.70. The van der Waals surface area contributed by atoms with Crippen molar-refractivity contribution in [3.63, 3.8) is 0 Å². The fourth-order valence-electron chi connectivity index (χ4n) is 1.94. The minimum atomic E-state index is 0.276. The summed E-state index contributed by atoms with van der Waals surface area (Å²) in [7, 11) is 0. The van der Waals surface area contributed by atoms with Crippen molar-refractivity contribution in [2.75, 3.05) is 5.73 Å². The number of hydrogen-bond acceptors (Lipinski definition) is 2. The SMILES string of the molecule is CC(C)(C)Cc1ccc2nc(N)c(Cl)cc2c1. The highest BCUT2D eigenvalue weighted by atomic mass is 35.5. The maximum Gasteiger partial charge on any atom is 0.142 e. The summed E-state index contributed by atoms with van der Waals surface area (Å²) >= 11 is 5.99. The number of nitrogens with zero attached hydrogens (tertiary/aromatic N) is 1. The highest BCUT2D eigenvalue weighted by molar-refractivity contribution is 6.33. The van der Waals surface area contributed by atoms with E-state index in [0.29, 0.717) is 10.8 Å². The van der Waals surface area contributed by atoms with Crippen LogP contribution in [0.25, 0.3) is 10.9 Å². The molecule has 0 aliphatic heterocycles. The number of anilines is 1. The Hall–Kier alpha value is -1.28. The van der Waals surface area contributed by atoms with Crippen LogP contribution < -0.4 is 5.73 Å². The van der Waals surface area contributed by atoms with Crippen molar-refractivity contribution in [2.24, 2.45) is 5.41 Å². The van der Waals surface area contributed by atoms with Gasteiger partial charge in [0, 0.05) is 5.39 Å². The Bertz CT molecular complexity index is 556. The number of benzene rings is 1. The van der Waals surface area contributed by atoms with Crippen LogP contribution in [0, 0.1) is 5.41 Å². The Morgan fingerprint density at radius 1 is 1.24 bits per heavy atom. The topological polar surface area (TPSA) is 38.9 Å². The van der Waals surface area contributed by atoms with Gasteiger partial charge in [0.25, 0.3) is 0 Å². The Morgan fingerprint density at radius 3 is 2.59 bits per heavy atom. The highest BCUT2D eigenvalue weighted by Gasteiger charge is 2.12. The lowest BCUT2D eigenvalue weighted by atomic mass is 9.88. The van der Waals surface area contributed by atoms with E-state index in [1.165, 1.54) is 5.56 Å². The number of hydrogen-bond donors (Lipinski definition) is 1. The number of nitrogens with two attached hydrogens (primary N) is 1. The van der Waals surface area contributed by atoms with Crippen LogP contribution in [0.15, 0.2) is 24.3 Å². The summed E-state index contributed by atoms with van der Waals surface area (Å²) < 4.78 is 0. The first-order chi connectivity index (χ1) is 7.85. The molecule has 0 saturated heterocycles. The van der Waals surface area contributed by atoms with Gasteiger partial charge in [-0.3, -0.25) is 0 Å². The van der Waals surface area contributed by atoms with Crippen molar-refractivity contribution in [1.82, 2.24) is 4.98 Å². The second kappa shape index (κ2) is 4.19. The number of pyridine rings is 1. The van der Waals surface area contributed by atoms with Crippen molar-refractivity contribution >= 4 is 28.3 Å². The predicted molar refractivity (Wildman–Crippen MR) is 74.3 cm³/mol. The number of nitrogen functional groups attached to an aromatic ring is 1. The summed E-state index contributed by atoms with van der Waals surface area (Å²) in [6.45, 7) is 6.68. The lowest BCUT2D eigenvalue weighted by Gasteiger charge is -2.18. The van der Waals surface area contributed by atoms with Crippen molar-refractivity contribution in [2.45, 2.75) is 27.2 Å². The Kier molecular flexibility index (Phi) is 3.00. The summed E-state index contributed by atoms with van der Waals surface area (Å²) in [5.41, 5.74) is 8.15. The van der Waals surface area contributed by atoms with E-state index in [9.17, 15) is 0 Å². The van der Waals surface area contributed by atoms with E-state index in [-0.39, 0.29) is 5.41 Å². The molecule has 1 aromatic carbocycles. The van der Waals surface area contributed by atoms with Gasteiger partial charge in [-0.1, -0.05) is 38.4 Å². The van der Waals surface area contributed by atoms with Gasteiger partial charge < -0.3 is 5.73 Å². The van der Waals surface area contributed by atoms with Crippen LogP contribution in [-0.4, -0.2) is 4.98 Å². The maximum atomic E-state index is 5.99. The zero-order chi connectivity index (χ0) is 12.6. The molecule has 0 spiro atoms. The van der Waals surface area contributed by atoms with Crippen LogP contribution in [0.4, 0.5) is 5.82 Å². The number of aromatic nitrogens is 1. The number of halogens is 1. The van der Waals surface area contributed by atoms with Crippen molar-refractivity contribution in [3.8, 4) is 0 Å². The standard InChI is InChI=1S/C14H17ClN2/c1-14(2,3)8-9-4-5-12-10(6-9)7-11(15)13(16)17-12/h4-7H,8H2,1-3H3,(H2,16,17). The lowest BCUT2D eigenvalue weighted by molar-refractivity contribution is 0.411. The third-order valence-corrected chi connectivity index (χ3v) is 2.90. The molecule has 2 rings (SSSR count). The van der Waals surface area contributed by atoms with Crippen LogP contribution in [0.2, 0.25) is 5.02 Å². The molecule has 0 saturated carbocycles. The second-order valence-corrected chi connectivity index (χ2v) is 6.03. The zero-order valence-electron chi connectivity index (χ0n) is 10.4. The molecule has 1 heterocycles. The van der Waals surface area contributed by atoms with Crippen LogP contribution in [0.1, 0.15) is 26.3 Å². The normalized spacial score (nSPS) is 12.0. The van der Waals surface area contributed by atoms with E-state index in [0.717, 1.165) is 17.3 Å². The molecule has 90 valence electrons. The van der Waals surface area contributed by atoms with E-state index in [4.69, 9.17) is 17.3 Å². The molecule has 3 heteroatoms. The largest absolute Gasteiger partial charge is 0.382 e. The second-order valence-electron chi connectivity index (χ2n) is 5.62. The van der Waals surface area contributed by atoms with Gasteiger partial charge in [-0.05, 0) is 35.6 Å². The molecule has 1 aromatic heterocycles. The molecular weight excluding hydrogens is 232 g/mol. The van der Waals surface area contributed by atoms with Crippen molar-refractivity contribution < 1.29 is 0 Å². The first-order valence-corrected chi connectivity index (χ1v) is 6.08. The first kappa shape index (κ1) is 12.2. The van der Waals surface area contributed by atoms with Gasteiger partial charge in [0.2, 0.25) is 0 Å². The van der Waals surface area contributed by atoms with Crippen molar-refractivity contribution in [1.29, 1.82) is 0 Å². The number of rotatable bonds is 1. The zero-order valence-corrected chi connectivity index (χ0v) is 11.2. The third-order valence-electron chi connectivity index (χ3n) is 2.59. The lowest BCUT2D eigenvalue weighted by Crippen LogP contribution is -2.09. The monoisotopic (exact) mass is 248 g/mol. The summed E-state index contributed by atoms with van der Waals surface area (Å²) in [5, 5.41) is 1.57. The van der Waals surface area contributed by atoms with Gasteiger partial charge in [-0.25, -0.2) is 4.98 Å². The molecule has 2 N–H and O–H groups in total. The van der Waals surface area contributed by atoms with E-state index < -0.39 is 0 Å². The molecule has 0 bridgehead atoms. The maximum absolute atomic E-state index is 5.99. The van der Waals surface area contributed by atoms with Crippen LogP contribution >= 0.6 is 11.6 Å². The summed E-state index contributed by atoms with van der Waals surface area (Å²) in [4.78, 5) is 4.26. The molecule has 0 fully saturated rings. The molecule has 0 atom stereocenters. The minimum absolute atomic E-state index is 0.276. The van der Waals surface area contributed by atoms with E-state index in [2.05, 4.69) is 37.9 Å². The van der Waals surface area contributed by atoms with E-state index in [1.54, 1.807) is 0 Å². The van der Waals surface area contributed by atoms with Gasteiger partial charge in [0.15, 0.2) is 0 Å². The van der Waals surface area contributed by atoms with Gasteiger partial charge in [-0.2, -0.15) is 0 Å². The molecule has 17 heavy (non-hydrogen) atoms. The van der Waals surface area contributed by atoms with E-state index >= 15 is 0 Å². The Labute approximate surface area is 107 Å². The average molecular weight is 249 g/mol. The Morgan fingerprint density at radius 2 is 1.94 bits per heavy atom. The molecule has 0 aliphatic carbocycles. The van der Waals surface area contributed by atoms with Gasteiger partial charge in [0.1, 0.15) is 5.82 Å². The van der Waals surface area contributed by atoms with Gasteiger partial charge in [0.05, 0.1) is 10.5 Å². The van der Waals surface area contributed by atoms with Gasteiger partial charge >= 0.3 is 0 Å². The molecule has 0 amide bonds. The fourth-order valence-corrected chi connectivity index (χ4v) is 2.10. The molecule has 0 aliphatic rings. The highest BCUT2D eigenvalue weighted by Crippen LogP contribution is 2.26. The molecule has 0 radical (unpaired) electrons. The fraction of sp³-hybridized carbons (Fsp3) is 0.357. The van der Waals surface area contributed by atoms with Gasteiger partial charge in [-0.15, -0.1) is 0 Å². The smallest absolute Gasteiger partial charge is 0.142 e. The van der Waals surface area contributed by atoms with Crippen LogP contribution in [0.3, 0.4) is 0 Å². The summed E-state index contributed by atoms with van der Waals surface area (Å²) in [6.07, 6.45) is 1.03. The quantitative estimate of drug-likeness (QED) is 0.827. The minimum Gasteiger partial charge on any atom is -0.382 e. The van der Waals surface area contributed by atoms with Crippen LogP contribution in [-0.2, 0) is 6.42 Å². The third kappa shape index (κ3) is 2.89. The molecule has 2 aromatic rings. The molecule has 2 nitrogen and oxygen atoms in total. The Balaban J connectivity index is 2.47. The average Bonchev–Trinajstić information content (AvgIpc) is 2.18. The van der Waals surface area contributed by atoms with Crippen molar-refractivity contribution in [3.05, 3.63) is 34.9 Å². The van der Waals surface area contributed by atoms with Crippen LogP contribution in [0.5, 0.6) is 0 Å². The molecule has 0 unspecified atom stereocenters. The van der Waals surface area contributed by atoms with E-state index in [1.807, 2.05) is 12.1 Å². The summed E-state index contributed by atoms with van der Waals surface area (Å²) in [6, 6.07) is 8.13.